The lowest BCUT2D eigenvalue weighted by Gasteiger charge is -2.28. The number of carbonyl (C=O) groups is 7. The van der Waals surface area contributed by atoms with Crippen LogP contribution in [0.2, 0.25) is 0 Å². The van der Waals surface area contributed by atoms with Gasteiger partial charge in [-0.05, 0) is 57.9 Å². The van der Waals surface area contributed by atoms with E-state index < -0.39 is 53.8 Å². The van der Waals surface area contributed by atoms with Gasteiger partial charge in [0.25, 0.3) is 5.97 Å². The van der Waals surface area contributed by atoms with E-state index in [4.69, 9.17) is 20.7 Å². The molecule has 2 amide bonds. The molecule has 0 saturated heterocycles. The number of nitrogens with two attached hydrogens (primary N) is 1. The SMILES string of the molecule is CC(=O)O.NCCCC(=O)NC(CCC(NC(CCC(=O)O)C(=O)NC(CCC=O)C(=O)O)=C1CCC1)C(=O)O. The maximum atomic E-state index is 12.9. The van der Waals surface area contributed by atoms with Crippen LogP contribution in [-0.2, 0) is 33.6 Å². The average Bonchev–Trinajstić information content (AvgIpc) is 2.82. The third-order valence-electron chi connectivity index (χ3n) is 5.81. The number of carbonyl (C=O) groups excluding carboxylic acids is 3. The normalized spacial score (nSPS) is 14.1. The van der Waals surface area contributed by atoms with Crippen LogP contribution < -0.4 is 21.7 Å². The minimum atomic E-state index is -1.32. The summed E-state index contributed by atoms with van der Waals surface area (Å²) in [6, 6.07) is -3.58. The molecule has 40 heavy (non-hydrogen) atoms. The molecule has 0 aliphatic heterocycles. The van der Waals surface area contributed by atoms with E-state index in [1.54, 1.807) is 0 Å². The van der Waals surface area contributed by atoms with Crippen LogP contribution in [0.15, 0.2) is 11.3 Å². The molecular formula is C25H40N4O11. The Labute approximate surface area is 231 Å². The van der Waals surface area contributed by atoms with E-state index in [0.717, 1.165) is 18.9 Å². The molecule has 0 bridgehead atoms. The Morgan fingerprint density at radius 2 is 1.38 bits per heavy atom. The van der Waals surface area contributed by atoms with Gasteiger partial charge in [0.15, 0.2) is 0 Å². The zero-order valence-electron chi connectivity index (χ0n) is 22.5. The lowest BCUT2D eigenvalue weighted by atomic mass is 9.88. The van der Waals surface area contributed by atoms with Crippen LogP contribution >= 0.6 is 0 Å². The second kappa shape index (κ2) is 20.0. The molecule has 1 saturated carbocycles. The number of allylic oxidation sites excluding steroid dienone is 2. The highest BCUT2D eigenvalue weighted by Gasteiger charge is 2.28. The number of amides is 2. The summed E-state index contributed by atoms with van der Waals surface area (Å²) in [5, 5.41) is 43.2. The van der Waals surface area contributed by atoms with E-state index in [9.17, 15) is 39.0 Å². The average molecular weight is 573 g/mol. The van der Waals surface area contributed by atoms with Crippen LogP contribution in [0.4, 0.5) is 0 Å². The molecule has 0 aromatic rings. The van der Waals surface area contributed by atoms with Gasteiger partial charge in [-0.3, -0.25) is 19.2 Å². The summed E-state index contributed by atoms with van der Waals surface area (Å²) in [6.45, 7) is 1.38. The predicted molar refractivity (Wildman–Crippen MR) is 140 cm³/mol. The van der Waals surface area contributed by atoms with Crippen LogP contribution in [0.3, 0.4) is 0 Å². The van der Waals surface area contributed by atoms with E-state index in [0.29, 0.717) is 37.8 Å². The lowest BCUT2D eigenvalue weighted by molar-refractivity contribution is -0.143. The molecule has 226 valence electrons. The largest absolute Gasteiger partial charge is 0.481 e. The Bertz CT molecular complexity index is 926. The molecule has 1 aliphatic carbocycles. The van der Waals surface area contributed by atoms with Crippen molar-refractivity contribution in [1.82, 2.24) is 16.0 Å². The number of aliphatic carboxylic acids is 4. The molecule has 0 heterocycles. The van der Waals surface area contributed by atoms with E-state index in [-0.39, 0.29) is 44.9 Å². The first-order valence-corrected chi connectivity index (χ1v) is 12.9. The molecule has 1 fully saturated rings. The highest BCUT2D eigenvalue weighted by molar-refractivity contribution is 5.87. The molecule has 0 radical (unpaired) electrons. The Hall–Kier alpha value is -4.01. The topological polar surface area (TPSA) is 263 Å². The van der Waals surface area contributed by atoms with Crippen molar-refractivity contribution in [1.29, 1.82) is 0 Å². The van der Waals surface area contributed by atoms with Crippen molar-refractivity contribution in [3.05, 3.63) is 11.3 Å². The maximum Gasteiger partial charge on any atom is 0.326 e. The summed E-state index contributed by atoms with van der Waals surface area (Å²) < 4.78 is 0. The lowest BCUT2D eigenvalue weighted by Crippen LogP contribution is -2.50. The Kier molecular flexibility index (Phi) is 18.0. The van der Waals surface area contributed by atoms with Crippen molar-refractivity contribution in [2.24, 2.45) is 5.73 Å². The first-order valence-electron chi connectivity index (χ1n) is 12.9. The minimum absolute atomic E-state index is 0.0277. The van der Waals surface area contributed by atoms with Gasteiger partial charge in [-0.25, -0.2) is 9.59 Å². The summed E-state index contributed by atoms with van der Waals surface area (Å²) in [5.74, 6) is -5.69. The highest BCUT2D eigenvalue weighted by atomic mass is 16.4. The zero-order chi connectivity index (χ0) is 30.7. The van der Waals surface area contributed by atoms with Crippen LogP contribution in [0.5, 0.6) is 0 Å². The van der Waals surface area contributed by atoms with Crippen LogP contribution in [0, 0.1) is 0 Å². The summed E-state index contributed by atoms with van der Waals surface area (Å²) in [7, 11) is 0. The third kappa shape index (κ3) is 16.1. The van der Waals surface area contributed by atoms with Crippen LogP contribution in [-0.4, -0.2) is 87.1 Å². The van der Waals surface area contributed by atoms with Crippen molar-refractivity contribution in [2.45, 2.75) is 95.7 Å². The van der Waals surface area contributed by atoms with E-state index >= 15 is 0 Å². The van der Waals surface area contributed by atoms with Crippen molar-refractivity contribution < 1.29 is 54.0 Å². The first kappa shape index (κ1) is 36.0. The molecule has 15 nitrogen and oxygen atoms in total. The Morgan fingerprint density at radius 3 is 1.82 bits per heavy atom. The molecular weight excluding hydrogens is 532 g/mol. The Morgan fingerprint density at radius 1 is 0.825 bits per heavy atom. The van der Waals surface area contributed by atoms with Gasteiger partial charge < -0.3 is 46.9 Å². The van der Waals surface area contributed by atoms with Gasteiger partial charge in [0.1, 0.15) is 24.4 Å². The van der Waals surface area contributed by atoms with Crippen molar-refractivity contribution in [2.75, 3.05) is 6.54 Å². The molecule has 1 rings (SSSR count). The fourth-order valence-corrected chi connectivity index (χ4v) is 3.59. The fourth-order valence-electron chi connectivity index (χ4n) is 3.59. The van der Waals surface area contributed by atoms with Crippen LogP contribution in [0.25, 0.3) is 0 Å². The number of hydrogen-bond donors (Lipinski definition) is 8. The van der Waals surface area contributed by atoms with Gasteiger partial charge >= 0.3 is 17.9 Å². The number of rotatable bonds is 19. The summed E-state index contributed by atoms with van der Waals surface area (Å²) in [6.07, 6.45) is 2.88. The van der Waals surface area contributed by atoms with Gasteiger partial charge in [0.2, 0.25) is 11.8 Å². The summed E-state index contributed by atoms with van der Waals surface area (Å²) in [5.41, 5.74) is 6.91. The molecule has 0 spiro atoms. The standard InChI is InChI=1S/C23H36N4O9.C2H4O2/c24-12-2-7-19(29)26-18(23(35)36)9-8-15(14-4-1-5-14)25-16(10-11-20(30)31)21(32)27-17(22(33)34)6-3-13-28;1-2(3)4/h13,16-18,25H,1-12,24H2,(H,26,29)(H,27,32)(H,30,31)(H,33,34)(H,35,36);1H3,(H,3,4). The minimum Gasteiger partial charge on any atom is -0.481 e. The molecule has 1 aliphatic rings. The molecule has 0 aromatic heterocycles. The summed E-state index contributed by atoms with van der Waals surface area (Å²) in [4.78, 5) is 78.7. The molecule has 15 heteroatoms. The monoisotopic (exact) mass is 572 g/mol. The summed E-state index contributed by atoms with van der Waals surface area (Å²) >= 11 is 0. The van der Waals surface area contributed by atoms with E-state index in [2.05, 4.69) is 16.0 Å². The molecule has 3 unspecified atom stereocenters. The second-order valence-electron chi connectivity index (χ2n) is 9.12. The third-order valence-corrected chi connectivity index (χ3v) is 5.81. The second-order valence-corrected chi connectivity index (χ2v) is 9.12. The number of carboxylic acid groups (broad SMARTS) is 4. The smallest absolute Gasteiger partial charge is 0.326 e. The number of nitrogens with one attached hydrogen (secondary N) is 3. The Balaban J connectivity index is 0.00000354. The van der Waals surface area contributed by atoms with Gasteiger partial charge in [-0.2, -0.15) is 0 Å². The van der Waals surface area contributed by atoms with Gasteiger partial charge in [-0.15, -0.1) is 0 Å². The van der Waals surface area contributed by atoms with Crippen molar-refractivity contribution in [3.63, 3.8) is 0 Å². The van der Waals surface area contributed by atoms with Crippen molar-refractivity contribution >= 4 is 42.0 Å². The van der Waals surface area contributed by atoms with E-state index in [1.165, 1.54) is 0 Å². The molecule has 3 atom stereocenters. The molecule has 9 N–H and O–H groups in total. The zero-order valence-corrected chi connectivity index (χ0v) is 22.5. The van der Waals surface area contributed by atoms with Gasteiger partial charge in [-0.1, -0.05) is 5.57 Å². The van der Waals surface area contributed by atoms with Crippen LogP contribution in [0.1, 0.15) is 77.6 Å². The highest BCUT2D eigenvalue weighted by Crippen LogP contribution is 2.30. The first-order chi connectivity index (χ1) is 18.8. The predicted octanol–water partition coefficient (Wildman–Crippen LogP) is -0.0247. The number of hydrogen-bond acceptors (Lipinski definition) is 9. The number of carboxylic acids is 4. The van der Waals surface area contributed by atoms with Gasteiger partial charge in [0.05, 0.1) is 0 Å². The van der Waals surface area contributed by atoms with Crippen molar-refractivity contribution in [3.8, 4) is 0 Å². The quantitative estimate of drug-likeness (QED) is 0.0947. The van der Waals surface area contributed by atoms with E-state index in [1.807, 2.05) is 0 Å². The fraction of sp³-hybridized carbons (Fsp3) is 0.640. The maximum absolute atomic E-state index is 12.9. The number of aldehydes is 1. The van der Waals surface area contributed by atoms with Gasteiger partial charge in [0, 0.05) is 31.9 Å². The molecule has 0 aromatic carbocycles.